The van der Waals surface area contributed by atoms with Crippen LogP contribution in [0, 0.1) is 11.8 Å². The van der Waals surface area contributed by atoms with Gasteiger partial charge in [-0.2, -0.15) is 0 Å². The molecule has 27 heavy (non-hydrogen) atoms. The van der Waals surface area contributed by atoms with E-state index in [4.69, 9.17) is 5.11 Å². The van der Waals surface area contributed by atoms with Crippen LogP contribution in [0.2, 0.25) is 0 Å². The summed E-state index contributed by atoms with van der Waals surface area (Å²) < 4.78 is 0. The average molecular weight is 383 g/mol. The van der Waals surface area contributed by atoms with Gasteiger partial charge in [-0.3, -0.25) is 4.79 Å². The van der Waals surface area contributed by atoms with Crippen LogP contribution in [-0.4, -0.2) is 44.7 Å². The van der Waals surface area contributed by atoms with Gasteiger partial charge in [-0.05, 0) is 38.0 Å². The van der Waals surface area contributed by atoms with Crippen molar-refractivity contribution in [2.24, 2.45) is 11.8 Å². The molecule has 0 aromatic carbocycles. The molecule has 1 rings (SSSR count). The zero-order valence-electron chi connectivity index (χ0n) is 16.7. The number of allylic oxidation sites excluding steroid dienone is 2. The van der Waals surface area contributed by atoms with Crippen LogP contribution < -0.4 is 0 Å². The molecule has 0 bridgehead atoms. The first-order valence-electron chi connectivity index (χ1n) is 10.5. The van der Waals surface area contributed by atoms with Gasteiger partial charge in [0, 0.05) is 18.8 Å². The third-order valence-electron chi connectivity index (χ3n) is 5.41. The predicted molar refractivity (Wildman–Crippen MR) is 107 cm³/mol. The van der Waals surface area contributed by atoms with E-state index in [0.29, 0.717) is 19.3 Å². The van der Waals surface area contributed by atoms with E-state index in [2.05, 4.69) is 19.1 Å². The summed E-state index contributed by atoms with van der Waals surface area (Å²) in [6, 6.07) is 0. The summed E-state index contributed by atoms with van der Waals surface area (Å²) in [5.74, 6) is -0.932. The molecule has 4 N–H and O–H groups in total. The lowest BCUT2D eigenvalue weighted by molar-refractivity contribution is -0.137. The fraction of sp³-hybridized carbons (Fsp3) is 0.773. The molecule has 5 atom stereocenters. The lowest BCUT2D eigenvalue weighted by Crippen LogP contribution is -2.20. The maximum Gasteiger partial charge on any atom is 0.303 e. The van der Waals surface area contributed by atoms with E-state index in [9.17, 15) is 20.1 Å². The minimum absolute atomic E-state index is 0.0126. The van der Waals surface area contributed by atoms with Gasteiger partial charge in [0.25, 0.3) is 0 Å². The number of hydrogen-bond donors (Lipinski definition) is 4. The number of rotatable bonds is 14. The lowest BCUT2D eigenvalue weighted by atomic mass is 9.89. The van der Waals surface area contributed by atoms with Crippen LogP contribution in [-0.2, 0) is 4.79 Å². The molecule has 5 heteroatoms. The van der Waals surface area contributed by atoms with Crippen LogP contribution in [0.3, 0.4) is 0 Å². The van der Waals surface area contributed by atoms with Crippen LogP contribution in [0.25, 0.3) is 0 Å². The molecule has 0 spiro atoms. The largest absolute Gasteiger partial charge is 0.481 e. The predicted octanol–water partition coefficient (Wildman–Crippen LogP) is 3.82. The van der Waals surface area contributed by atoms with Crippen molar-refractivity contribution >= 4 is 5.97 Å². The summed E-state index contributed by atoms with van der Waals surface area (Å²) in [6.45, 7) is 2.18. The van der Waals surface area contributed by atoms with Crippen LogP contribution in [0.5, 0.6) is 0 Å². The summed E-state index contributed by atoms with van der Waals surface area (Å²) in [7, 11) is 0. The Morgan fingerprint density at radius 3 is 2.56 bits per heavy atom. The zero-order valence-corrected chi connectivity index (χ0v) is 16.7. The van der Waals surface area contributed by atoms with Gasteiger partial charge in [0.15, 0.2) is 0 Å². The standard InChI is InChI=1S/C22H38O5/c1-2-3-4-5-6-9-12-18-19(21(25)16-20(18)24)15-14-17(23)11-8-7-10-13-22(26)27/h6,9,14-15,17-21,23-25H,2-5,7-8,10-13,16H2,1H3,(H,26,27)/b9-6-,15-14+/t17-,18+,19-,20-,21+/m1/s1. The summed E-state index contributed by atoms with van der Waals surface area (Å²) in [4.78, 5) is 10.5. The van der Waals surface area contributed by atoms with E-state index in [-0.39, 0.29) is 18.3 Å². The number of unbranched alkanes of at least 4 members (excludes halogenated alkanes) is 5. The molecule has 1 aliphatic rings. The third-order valence-corrected chi connectivity index (χ3v) is 5.41. The molecule has 0 aromatic rings. The van der Waals surface area contributed by atoms with Crippen molar-refractivity contribution in [1.82, 2.24) is 0 Å². The molecule has 5 nitrogen and oxygen atoms in total. The Kier molecular flexibility index (Phi) is 12.3. The highest BCUT2D eigenvalue weighted by Gasteiger charge is 2.39. The van der Waals surface area contributed by atoms with Crippen molar-refractivity contribution in [2.45, 2.75) is 95.9 Å². The molecule has 0 unspecified atom stereocenters. The Morgan fingerprint density at radius 2 is 1.85 bits per heavy atom. The first kappa shape index (κ1) is 23.9. The van der Waals surface area contributed by atoms with Crippen molar-refractivity contribution in [2.75, 3.05) is 0 Å². The van der Waals surface area contributed by atoms with Crippen LogP contribution in [0.4, 0.5) is 0 Å². The first-order chi connectivity index (χ1) is 13.0. The van der Waals surface area contributed by atoms with Gasteiger partial charge in [0.2, 0.25) is 0 Å². The quantitative estimate of drug-likeness (QED) is 0.270. The van der Waals surface area contributed by atoms with Gasteiger partial charge >= 0.3 is 5.97 Å². The second-order valence-electron chi connectivity index (χ2n) is 7.76. The third kappa shape index (κ3) is 10.1. The van der Waals surface area contributed by atoms with E-state index in [1.807, 2.05) is 6.08 Å². The summed E-state index contributed by atoms with van der Waals surface area (Å²) in [6.07, 6.45) is 14.9. The van der Waals surface area contributed by atoms with E-state index >= 15 is 0 Å². The Bertz CT molecular complexity index is 460. The van der Waals surface area contributed by atoms with Crippen LogP contribution in [0.15, 0.2) is 24.3 Å². The summed E-state index contributed by atoms with van der Waals surface area (Å²) >= 11 is 0. The molecule has 0 radical (unpaired) electrons. The van der Waals surface area contributed by atoms with E-state index < -0.39 is 24.3 Å². The summed E-state index contributed by atoms with van der Waals surface area (Å²) in [5, 5.41) is 39.2. The Labute approximate surface area is 163 Å². The SMILES string of the molecule is CCCCC/C=C\C[C@H]1[C@@H](/C=C/[C@H](O)CCCCCC(=O)O)[C@@H](O)C[C@H]1O. The van der Waals surface area contributed by atoms with Crippen molar-refractivity contribution in [3.8, 4) is 0 Å². The molecule has 156 valence electrons. The maximum atomic E-state index is 10.5. The van der Waals surface area contributed by atoms with Gasteiger partial charge in [-0.25, -0.2) is 0 Å². The normalized spacial score (nSPS) is 27.0. The number of aliphatic hydroxyl groups is 3. The van der Waals surface area contributed by atoms with E-state index in [0.717, 1.165) is 25.7 Å². The minimum Gasteiger partial charge on any atom is -0.481 e. The van der Waals surface area contributed by atoms with Crippen molar-refractivity contribution < 1.29 is 25.2 Å². The first-order valence-corrected chi connectivity index (χ1v) is 10.5. The molecule has 0 heterocycles. The fourth-order valence-electron chi connectivity index (χ4n) is 3.75. The lowest BCUT2D eigenvalue weighted by Gasteiger charge is -2.19. The molecule has 1 fully saturated rings. The maximum absolute atomic E-state index is 10.5. The Hall–Kier alpha value is -1.17. The number of carbonyl (C=O) groups is 1. The number of aliphatic hydroxyl groups excluding tert-OH is 3. The van der Waals surface area contributed by atoms with E-state index in [1.54, 1.807) is 6.08 Å². The van der Waals surface area contributed by atoms with Crippen molar-refractivity contribution in [3.05, 3.63) is 24.3 Å². The molecular formula is C22H38O5. The topological polar surface area (TPSA) is 98.0 Å². The van der Waals surface area contributed by atoms with Gasteiger partial charge in [0.1, 0.15) is 0 Å². The highest BCUT2D eigenvalue weighted by molar-refractivity contribution is 5.66. The smallest absolute Gasteiger partial charge is 0.303 e. The van der Waals surface area contributed by atoms with Crippen LogP contribution >= 0.6 is 0 Å². The summed E-state index contributed by atoms with van der Waals surface area (Å²) in [5.41, 5.74) is 0. The molecule has 1 aliphatic carbocycles. The van der Waals surface area contributed by atoms with Gasteiger partial charge in [-0.1, -0.05) is 56.9 Å². The second kappa shape index (κ2) is 13.9. The van der Waals surface area contributed by atoms with Crippen molar-refractivity contribution in [3.63, 3.8) is 0 Å². The number of carboxylic acids is 1. The molecule has 0 saturated heterocycles. The van der Waals surface area contributed by atoms with Gasteiger partial charge in [-0.15, -0.1) is 0 Å². The zero-order chi connectivity index (χ0) is 20.1. The fourth-order valence-corrected chi connectivity index (χ4v) is 3.75. The molecule has 0 amide bonds. The molecule has 0 aromatic heterocycles. The number of aliphatic carboxylic acids is 1. The minimum atomic E-state index is -0.783. The van der Waals surface area contributed by atoms with Gasteiger partial charge in [0.05, 0.1) is 18.3 Å². The monoisotopic (exact) mass is 382 g/mol. The average Bonchev–Trinajstić information content (AvgIpc) is 2.88. The highest BCUT2D eigenvalue weighted by Crippen LogP contribution is 2.36. The van der Waals surface area contributed by atoms with E-state index in [1.165, 1.54) is 19.3 Å². The van der Waals surface area contributed by atoms with Crippen LogP contribution in [0.1, 0.15) is 77.6 Å². The Morgan fingerprint density at radius 1 is 1.07 bits per heavy atom. The molecule has 1 saturated carbocycles. The second-order valence-corrected chi connectivity index (χ2v) is 7.76. The number of carboxylic acid groups (broad SMARTS) is 1. The highest BCUT2D eigenvalue weighted by atomic mass is 16.4. The molecule has 0 aliphatic heterocycles. The Balaban J connectivity index is 2.39. The molecular weight excluding hydrogens is 344 g/mol. The van der Waals surface area contributed by atoms with Gasteiger partial charge < -0.3 is 20.4 Å². The number of hydrogen-bond acceptors (Lipinski definition) is 4. The van der Waals surface area contributed by atoms with Crippen molar-refractivity contribution in [1.29, 1.82) is 0 Å².